The molecule has 0 aliphatic heterocycles. The minimum absolute atomic E-state index is 0.881. The van der Waals surface area contributed by atoms with Crippen LogP contribution in [-0.4, -0.2) is 0 Å². The summed E-state index contributed by atoms with van der Waals surface area (Å²) < 4.78 is 6.56. The van der Waals surface area contributed by atoms with Crippen LogP contribution >= 0.6 is 0 Å². The number of furan rings is 1. The molecule has 56 heavy (non-hydrogen) atoms. The fourth-order valence-corrected chi connectivity index (χ4v) is 8.52. The molecule has 262 valence electrons. The largest absolute Gasteiger partial charge is 0.456 e. The molecule has 0 atom stereocenters. The Balaban J connectivity index is 1.11. The zero-order valence-corrected chi connectivity index (χ0v) is 30.6. The van der Waals surface area contributed by atoms with Crippen molar-refractivity contribution in [1.29, 1.82) is 0 Å². The van der Waals surface area contributed by atoms with E-state index >= 15 is 0 Å². The molecule has 0 amide bonds. The first-order valence-corrected chi connectivity index (χ1v) is 19.2. The second kappa shape index (κ2) is 13.2. The van der Waals surface area contributed by atoms with Gasteiger partial charge in [-0.15, -0.1) is 0 Å². The minimum Gasteiger partial charge on any atom is -0.456 e. The van der Waals surface area contributed by atoms with Crippen LogP contribution in [0.5, 0.6) is 0 Å². The fourth-order valence-electron chi connectivity index (χ4n) is 8.52. The van der Waals surface area contributed by atoms with Gasteiger partial charge in [0.05, 0.1) is 5.69 Å². The van der Waals surface area contributed by atoms with Crippen molar-refractivity contribution in [3.05, 3.63) is 212 Å². The molecule has 0 fully saturated rings. The molecule has 0 spiro atoms. The average Bonchev–Trinajstić information content (AvgIpc) is 3.63. The normalized spacial score (nSPS) is 11.6. The molecular weight excluding hydrogens is 679 g/mol. The lowest BCUT2D eigenvalue weighted by Gasteiger charge is -2.28. The molecule has 0 bridgehead atoms. The first-order chi connectivity index (χ1) is 27.7. The van der Waals surface area contributed by atoms with Crippen LogP contribution in [0.3, 0.4) is 0 Å². The summed E-state index contributed by atoms with van der Waals surface area (Å²) in [4.78, 5) is 2.41. The average molecular weight is 714 g/mol. The van der Waals surface area contributed by atoms with Gasteiger partial charge in [0.25, 0.3) is 0 Å². The van der Waals surface area contributed by atoms with E-state index in [1.54, 1.807) is 0 Å². The summed E-state index contributed by atoms with van der Waals surface area (Å²) in [5.74, 6) is 0. The van der Waals surface area contributed by atoms with Gasteiger partial charge in [0.2, 0.25) is 0 Å². The number of benzene rings is 10. The summed E-state index contributed by atoms with van der Waals surface area (Å²) in [5, 5.41) is 9.57. The van der Waals surface area contributed by atoms with Gasteiger partial charge in [-0.05, 0) is 115 Å². The predicted octanol–water partition coefficient (Wildman–Crippen LogP) is 15.5. The third-order valence-corrected chi connectivity index (χ3v) is 11.2. The Morgan fingerprint density at radius 2 is 0.911 bits per heavy atom. The molecule has 0 aliphatic carbocycles. The van der Waals surface area contributed by atoms with E-state index in [4.69, 9.17) is 4.42 Å². The molecule has 0 unspecified atom stereocenters. The van der Waals surface area contributed by atoms with E-state index in [2.05, 4.69) is 217 Å². The van der Waals surface area contributed by atoms with Gasteiger partial charge in [-0.3, -0.25) is 0 Å². The number of fused-ring (bicyclic) bond motifs is 6. The number of hydrogen-bond acceptors (Lipinski definition) is 2. The Hall–Kier alpha value is -7.42. The maximum atomic E-state index is 6.56. The van der Waals surface area contributed by atoms with Crippen LogP contribution in [0.4, 0.5) is 17.1 Å². The van der Waals surface area contributed by atoms with Crippen molar-refractivity contribution in [3.63, 3.8) is 0 Å². The van der Waals surface area contributed by atoms with E-state index in [9.17, 15) is 0 Å². The molecule has 11 rings (SSSR count). The Labute approximate surface area is 325 Å². The maximum Gasteiger partial charge on any atom is 0.136 e. The fraction of sp³-hybridized carbons (Fsp3) is 0. The molecule has 0 radical (unpaired) electrons. The van der Waals surface area contributed by atoms with Crippen molar-refractivity contribution in [2.45, 2.75) is 0 Å². The first-order valence-electron chi connectivity index (χ1n) is 19.2. The highest BCUT2D eigenvalue weighted by Gasteiger charge is 2.21. The zero-order chi connectivity index (χ0) is 37.0. The van der Waals surface area contributed by atoms with Crippen molar-refractivity contribution in [3.8, 4) is 33.4 Å². The molecule has 10 aromatic carbocycles. The molecule has 1 heterocycles. The predicted molar refractivity (Wildman–Crippen MR) is 237 cm³/mol. The number of hydrogen-bond donors (Lipinski definition) is 0. The van der Waals surface area contributed by atoms with Crippen LogP contribution in [-0.2, 0) is 0 Å². The van der Waals surface area contributed by atoms with Crippen LogP contribution in [0.1, 0.15) is 0 Å². The molecule has 0 saturated carbocycles. The minimum atomic E-state index is 0.881. The van der Waals surface area contributed by atoms with Gasteiger partial charge in [0.15, 0.2) is 0 Å². The Bertz CT molecular complexity index is 3260. The summed E-state index contributed by atoms with van der Waals surface area (Å²) in [6.45, 7) is 0. The monoisotopic (exact) mass is 713 g/mol. The molecule has 0 saturated heterocycles. The smallest absolute Gasteiger partial charge is 0.136 e. The van der Waals surface area contributed by atoms with Gasteiger partial charge in [0.1, 0.15) is 11.2 Å². The molecule has 0 aliphatic rings. The summed E-state index contributed by atoms with van der Waals surface area (Å²) in [6.07, 6.45) is 0. The van der Waals surface area contributed by atoms with E-state index in [0.717, 1.165) is 55.7 Å². The summed E-state index contributed by atoms with van der Waals surface area (Å²) in [7, 11) is 0. The van der Waals surface area contributed by atoms with Gasteiger partial charge in [-0.25, -0.2) is 0 Å². The van der Waals surface area contributed by atoms with Gasteiger partial charge in [-0.1, -0.05) is 158 Å². The van der Waals surface area contributed by atoms with E-state index < -0.39 is 0 Å². The van der Waals surface area contributed by atoms with Crippen molar-refractivity contribution in [2.24, 2.45) is 0 Å². The van der Waals surface area contributed by atoms with Crippen LogP contribution < -0.4 is 4.90 Å². The lowest BCUT2D eigenvalue weighted by molar-refractivity contribution is 0.669. The van der Waals surface area contributed by atoms with Crippen LogP contribution in [0, 0.1) is 0 Å². The number of rotatable bonds is 6. The van der Waals surface area contributed by atoms with Gasteiger partial charge in [0, 0.05) is 27.7 Å². The lowest BCUT2D eigenvalue weighted by Crippen LogP contribution is -2.11. The lowest BCUT2D eigenvalue weighted by atomic mass is 9.95. The highest BCUT2D eigenvalue weighted by molar-refractivity contribution is 6.16. The van der Waals surface area contributed by atoms with Crippen molar-refractivity contribution in [1.82, 2.24) is 0 Å². The van der Waals surface area contributed by atoms with Gasteiger partial charge in [-0.2, -0.15) is 0 Å². The van der Waals surface area contributed by atoms with Crippen molar-refractivity contribution in [2.75, 3.05) is 4.90 Å². The highest BCUT2D eigenvalue weighted by Crippen LogP contribution is 2.46. The van der Waals surface area contributed by atoms with Crippen molar-refractivity contribution < 1.29 is 4.42 Å². The molecule has 2 heteroatoms. The topological polar surface area (TPSA) is 16.4 Å². The number of para-hydroxylation sites is 1. The van der Waals surface area contributed by atoms with E-state index in [1.165, 1.54) is 49.0 Å². The van der Waals surface area contributed by atoms with Crippen LogP contribution in [0.2, 0.25) is 0 Å². The van der Waals surface area contributed by atoms with Gasteiger partial charge < -0.3 is 9.32 Å². The molecule has 2 nitrogen and oxygen atoms in total. The molecule has 0 N–H and O–H groups in total. The third kappa shape index (κ3) is 5.42. The Morgan fingerprint density at radius 1 is 0.304 bits per heavy atom. The number of nitrogens with zero attached hydrogens (tertiary/aromatic N) is 1. The van der Waals surface area contributed by atoms with Gasteiger partial charge >= 0.3 is 0 Å². The molecule has 11 aromatic rings. The Morgan fingerprint density at radius 3 is 1.77 bits per heavy atom. The maximum absolute atomic E-state index is 6.56. The quantitative estimate of drug-likeness (QED) is 0.171. The van der Waals surface area contributed by atoms with E-state index in [1.807, 2.05) is 0 Å². The van der Waals surface area contributed by atoms with Crippen molar-refractivity contribution >= 4 is 71.3 Å². The van der Waals surface area contributed by atoms with Crippen LogP contribution in [0.15, 0.2) is 217 Å². The first kappa shape index (κ1) is 32.0. The summed E-state index contributed by atoms with van der Waals surface area (Å²) in [6, 6.07) is 76.6. The zero-order valence-electron chi connectivity index (χ0n) is 30.6. The second-order valence-corrected chi connectivity index (χ2v) is 14.5. The third-order valence-electron chi connectivity index (χ3n) is 11.2. The van der Waals surface area contributed by atoms with Crippen LogP contribution in [0.25, 0.3) is 87.6 Å². The summed E-state index contributed by atoms with van der Waals surface area (Å²) in [5.41, 5.74) is 12.0. The van der Waals surface area contributed by atoms with E-state index in [0.29, 0.717) is 0 Å². The number of anilines is 3. The highest BCUT2D eigenvalue weighted by atomic mass is 16.3. The van der Waals surface area contributed by atoms with E-state index in [-0.39, 0.29) is 0 Å². The molecular formula is C54H35NO. The molecule has 1 aromatic heterocycles. The SMILES string of the molecule is c1cc(-c2ccc3ccccc3c2)cc(N(c2ccc(-c3cccc4ccccc34)cc2)c2ccccc2-c2cccc3oc4cc5ccccc5cc4c23)c1. The summed E-state index contributed by atoms with van der Waals surface area (Å²) >= 11 is 0. The standard InChI is InChI=1S/C54H35NO/c1-2-14-39-32-43(27-26-36(39)12-1)40-18-9-19-45(33-40)55(44-30-28-38(29-31-44)47-22-10-17-37-13-5-6-20-46(37)47)51-24-8-7-21-48(51)49-23-11-25-52-54(49)50-34-41-15-3-4-16-42(41)35-53(50)56-52/h1-35H. The Kier molecular flexibility index (Phi) is 7.53. The second-order valence-electron chi connectivity index (χ2n) is 14.5.